The number of nitrogens with zero attached hydrogens (tertiary/aromatic N) is 2. The van der Waals surface area contributed by atoms with Gasteiger partial charge < -0.3 is 4.90 Å². The van der Waals surface area contributed by atoms with Crippen LogP contribution in [0.2, 0.25) is 0 Å². The van der Waals surface area contributed by atoms with Gasteiger partial charge in [0, 0.05) is 37.1 Å². The lowest BCUT2D eigenvalue weighted by Crippen LogP contribution is -2.50. The highest BCUT2D eigenvalue weighted by molar-refractivity contribution is 9.10. The van der Waals surface area contributed by atoms with Gasteiger partial charge in [0.2, 0.25) is 15.9 Å². The van der Waals surface area contributed by atoms with Gasteiger partial charge in [-0.2, -0.15) is 4.31 Å². The maximum atomic E-state index is 12.8. The van der Waals surface area contributed by atoms with Crippen LogP contribution in [0.4, 0.5) is 0 Å². The Morgan fingerprint density at radius 2 is 1.88 bits per heavy atom. The standard InChI is InChI=1S/C19H25BrN2O3S/c20-17-2-1-3-18(13-17)26(24,25)22-8-6-21(7-9-22)19(23)12-16-11-14-4-5-15(16)10-14/h1-3,13-16H,4-12H2/t14-,15+,16+/m0/s1. The SMILES string of the molecule is O=C(C[C@H]1C[C@H]2CC[C@@H]1C2)N1CCN(S(=O)(=O)c2cccc(Br)c2)CC1. The van der Waals surface area contributed by atoms with E-state index in [4.69, 9.17) is 0 Å². The summed E-state index contributed by atoms with van der Waals surface area (Å²) in [5, 5.41) is 0. The molecule has 142 valence electrons. The van der Waals surface area contributed by atoms with Crippen LogP contribution in [0, 0.1) is 17.8 Å². The molecule has 3 atom stereocenters. The number of halogens is 1. The molecule has 0 spiro atoms. The Balaban J connectivity index is 1.34. The van der Waals surface area contributed by atoms with Crippen LogP contribution in [0.1, 0.15) is 32.1 Å². The predicted molar refractivity (Wildman–Crippen MR) is 103 cm³/mol. The zero-order valence-corrected chi connectivity index (χ0v) is 17.2. The van der Waals surface area contributed by atoms with Crippen LogP contribution in [0.3, 0.4) is 0 Å². The summed E-state index contributed by atoms with van der Waals surface area (Å²) < 4.78 is 27.8. The highest BCUT2D eigenvalue weighted by Crippen LogP contribution is 2.49. The number of rotatable bonds is 4. The molecule has 1 aromatic rings. The highest BCUT2D eigenvalue weighted by Gasteiger charge is 2.41. The van der Waals surface area contributed by atoms with Gasteiger partial charge >= 0.3 is 0 Å². The molecule has 3 aliphatic rings. The Labute approximate surface area is 163 Å². The maximum absolute atomic E-state index is 12.8. The maximum Gasteiger partial charge on any atom is 0.243 e. The Morgan fingerprint density at radius 3 is 2.50 bits per heavy atom. The fraction of sp³-hybridized carbons (Fsp3) is 0.632. The highest BCUT2D eigenvalue weighted by atomic mass is 79.9. The Kier molecular flexibility index (Phi) is 5.14. The minimum atomic E-state index is -3.50. The molecule has 3 fully saturated rings. The van der Waals surface area contributed by atoms with E-state index >= 15 is 0 Å². The summed E-state index contributed by atoms with van der Waals surface area (Å²) in [6.45, 7) is 1.73. The van der Waals surface area contributed by atoms with Gasteiger partial charge in [-0.15, -0.1) is 0 Å². The van der Waals surface area contributed by atoms with E-state index < -0.39 is 10.0 Å². The van der Waals surface area contributed by atoms with E-state index in [-0.39, 0.29) is 5.91 Å². The molecule has 2 saturated carbocycles. The third-order valence-electron chi connectivity index (χ3n) is 6.35. The average molecular weight is 441 g/mol. The first-order valence-corrected chi connectivity index (χ1v) is 11.7. The van der Waals surface area contributed by atoms with Crippen molar-refractivity contribution in [3.63, 3.8) is 0 Å². The number of carbonyl (C=O) groups is 1. The smallest absolute Gasteiger partial charge is 0.243 e. The summed E-state index contributed by atoms with van der Waals surface area (Å²) in [5.41, 5.74) is 0. The number of sulfonamides is 1. The minimum Gasteiger partial charge on any atom is -0.340 e. The lowest BCUT2D eigenvalue weighted by Gasteiger charge is -2.35. The monoisotopic (exact) mass is 440 g/mol. The normalized spacial score (nSPS) is 29.3. The third-order valence-corrected chi connectivity index (χ3v) is 8.73. The first-order valence-electron chi connectivity index (χ1n) is 9.47. The Hall–Kier alpha value is -0.920. The summed E-state index contributed by atoms with van der Waals surface area (Å²) >= 11 is 3.33. The first kappa shape index (κ1) is 18.4. The van der Waals surface area contributed by atoms with Crippen molar-refractivity contribution in [1.82, 2.24) is 9.21 Å². The molecule has 4 rings (SSSR count). The van der Waals surface area contributed by atoms with Crippen LogP contribution in [-0.2, 0) is 14.8 Å². The number of hydrogen-bond donors (Lipinski definition) is 0. The van der Waals surface area contributed by atoms with E-state index in [1.807, 2.05) is 11.0 Å². The number of carbonyl (C=O) groups excluding carboxylic acids is 1. The molecule has 0 radical (unpaired) electrons. The molecule has 1 aromatic carbocycles. The van der Waals surface area contributed by atoms with Crippen molar-refractivity contribution in [3.8, 4) is 0 Å². The van der Waals surface area contributed by atoms with Crippen LogP contribution in [0.15, 0.2) is 33.6 Å². The summed E-state index contributed by atoms with van der Waals surface area (Å²) in [6.07, 6.45) is 5.83. The molecular weight excluding hydrogens is 416 g/mol. The molecule has 0 aromatic heterocycles. The second-order valence-electron chi connectivity index (χ2n) is 7.88. The molecule has 0 N–H and O–H groups in total. The first-order chi connectivity index (χ1) is 12.4. The van der Waals surface area contributed by atoms with Gasteiger partial charge in [0.1, 0.15) is 0 Å². The Bertz CT molecular complexity index is 790. The van der Waals surface area contributed by atoms with Crippen LogP contribution in [-0.4, -0.2) is 49.7 Å². The molecule has 0 unspecified atom stereocenters. The second kappa shape index (κ2) is 7.24. The van der Waals surface area contributed by atoms with Gasteiger partial charge in [-0.3, -0.25) is 4.79 Å². The zero-order chi connectivity index (χ0) is 18.3. The van der Waals surface area contributed by atoms with E-state index in [0.29, 0.717) is 43.4 Å². The van der Waals surface area contributed by atoms with Gasteiger partial charge in [0.25, 0.3) is 0 Å². The molecule has 7 heteroatoms. The van der Waals surface area contributed by atoms with Gasteiger partial charge in [-0.25, -0.2) is 8.42 Å². The summed E-state index contributed by atoms with van der Waals surface area (Å²) in [6, 6.07) is 6.78. The molecule has 1 saturated heterocycles. The van der Waals surface area contributed by atoms with Gasteiger partial charge in [0.15, 0.2) is 0 Å². The molecule has 26 heavy (non-hydrogen) atoms. The quantitative estimate of drug-likeness (QED) is 0.722. The van der Waals surface area contributed by atoms with E-state index in [1.165, 1.54) is 30.0 Å². The summed E-state index contributed by atoms with van der Waals surface area (Å²) in [5.74, 6) is 2.37. The number of fused-ring (bicyclic) bond motifs is 2. The topological polar surface area (TPSA) is 57.7 Å². The minimum absolute atomic E-state index is 0.210. The van der Waals surface area contributed by atoms with Gasteiger partial charge in [-0.1, -0.05) is 28.4 Å². The fourth-order valence-corrected chi connectivity index (χ4v) is 6.95. The molecule has 5 nitrogen and oxygen atoms in total. The average Bonchev–Trinajstić information content (AvgIpc) is 3.25. The van der Waals surface area contributed by atoms with Crippen molar-refractivity contribution in [2.75, 3.05) is 26.2 Å². The van der Waals surface area contributed by atoms with Crippen molar-refractivity contribution in [2.24, 2.45) is 17.8 Å². The van der Waals surface area contributed by atoms with E-state index in [0.717, 1.165) is 16.3 Å². The number of piperazine rings is 1. The van der Waals surface area contributed by atoms with Crippen LogP contribution >= 0.6 is 15.9 Å². The van der Waals surface area contributed by atoms with Crippen molar-refractivity contribution in [1.29, 1.82) is 0 Å². The van der Waals surface area contributed by atoms with Crippen LogP contribution < -0.4 is 0 Å². The summed E-state index contributed by atoms with van der Waals surface area (Å²) in [4.78, 5) is 14.8. The molecule has 2 bridgehead atoms. The molecule has 2 aliphatic carbocycles. The molecule has 1 heterocycles. The van der Waals surface area contributed by atoms with E-state index in [9.17, 15) is 13.2 Å². The van der Waals surface area contributed by atoms with Crippen molar-refractivity contribution in [3.05, 3.63) is 28.7 Å². The molecule has 1 aliphatic heterocycles. The lowest BCUT2D eigenvalue weighted by atomic mass is 9.86. The van der Waals surface area contributed by atoms with Crippen molar-refractivity contribution < 1.29 is 13.2 Å². The van der Waals surface area contributed by atoms with Gasteiger partial charge in [-0.05, 0) is 55.2 Å². The lowest BCUT2D eigenvalue weighted by molar-refractivity contribution is -0.133. The molecule has 1 amide bonds. The number of benzene rings is 1. The third kappa shape index (κ3) is 3.58. The number of amides is 1. The molecular formula is C19H25BrN2O3S. The Morgan fingerprint density at radius 1 is 1.12 bits per heavy atom. The fourth-order valence-electron chi connectivity index (χ4n) is 4.93. The van der Waals surface area contributed by atoms with Crippen LogP contribution in [0.25, 0.3) is 0 Å². The second-order valence-corrected chi connectivity index (χ2v) is 10.7. The van der Waals surface area contributed by atoms with E-state index in [2.05, 4.69) is 15.9 Å². The van der Waals surface area contributed by atoms with Gasteiger partial charge in [0.05, 0.1) is 4.90 Å². The van der Waals surface area contributed by atoms with Crippen molar-refractivity contribution in [2.45, 2.75) is 37.0 Å². The van der Waals surface area contributed by atoms with Crippen LogP contribution in [0.5, 0.6) is 0 Å². The summed E-state index contributed by atoms with van der Waals surface area (Å²) in [7, 11) is -3.50. The number of hydrogen-bond acceptors (Lipinski definition) is 3. The van der Waals surface area contributed by atoms with Crippen molar-refractivity contribution >= 4 is 31.9 Å². The predicted octanol–water partition coefficient (Wildman–Crippen LogP) is 3.11. The van der Waals surface area contributed by atoms with E-state index in [1.54, 1.807) is 18.2 Å². The zero-order valence-electron chi connectivity index (χ0n) is 14.8. The largest absolute Gasteiger partial charge is 0.340 e.